The van der Waals surface area contributed by atoms with Crippen LogP contribution in [0.25, 0.3) is 0 Å². The Morgan fingerprint density at radius 3 is 2.07 bits per heavy atom. The number of halogens is 5. The maximum atomic E-state index is 14.0. The van der Waals surface area contributed by atoms with Crippen molar-refractivity contribution in [1.82, 2.24) is 10.6 Å². The molecule has 10 heteroatoms. The average molecular weight is 416 g/mol. The van der Waals surface area contributed by atoms with Crippen molar-refractivity contribution in [3.63, 3.8) is 0 Å². The van der Waals surface area contributed by atoms with Gasteiger partial charge in [-0.2, -0.15) is 13.2 Å². The number of amides is 1. The van der Waals surface area contributed by atoms with Crippen molar-refractivity contribution >= 4 is 11.9 Å². The summed E-state index contributed by atoms with van der Waals surface area (Å²) in [4.78, 5) is 24.6. The Hall–Kier alpha value is -3.01. The molecule has 1 atom stereocenters. The second kappa shape index (κ2) is 8.99. The zero-order chi connectivity index (χ0) is 21.7. The summed E-state index contributed by atoms with van der Waals surface area (Å²) >= 11 is 0. The number of rotatable bonds is 7. The molecular formula is C19H17F5N2O3. The predicted octanol–water partition coefficient (Wildman–Crippen LogP) is 3.31. The SMILES string of the molecule is CCOC(=O)C(NCc1ccccc1)(NC(=O)c1c(F)cccc1F)C(F)(F)F. The maximum absolute atomic E-state index is 14.0. The Bertz CT molecular complexity index is 854. The van der Waals surface area contributed by atoms with Crippen molar-refractivity contribution in [1.29, 1.82) is 0 Å². The summed E-state index contributed by atoms with van der Waals surface area (Å²) < 4.78 is 74.1. The minimum atomic E-state index is -5.40. The standard InChI is InChI=1S/C19H17F5N2O3/c1-2-29-17(28)18(19(22,23)24,25-11-12-7-4-3-5-8-12)26-16(27)15-13(20)9-6-10-14(15)21/h3-10,25H,2,11H2,1H3,(H,26,27). The second-order valence-corrected chi connectivity index (χ2v) is 5.86. The van der Waals surface area contributed by atoms with Gasteiger partial charge in [0.15, 0.2) is 0 Å². The van der Waals surface area contributed by atoms with Crippen molar-refractivity contribution in [2.45, 2.75) is 25.3 Å². The van der Waals surface area contributed by atoms with E-state index in [2.05, 4.69) is 4.74 Å². The van der Waals surface area contributed by atoms with E-state index < -0.39 is 54.1 Å². The third kappa shape index (κ3) is 4.89. The summed E-state index contributed by atoms with van der Waals surface area (Å²) in [5.41, 5.74) is -4.63. The second-order valence-electron chi connectivity index (χ2n) is 5.86. The van der Waals surface area contributed by atoms with Crippen molar-refractivity contribution < 1.29 is 36.3 Å². The Kier molecular flexibility index (Phi) is 6.91. The number of carbonyl (C=O) groups is 2. The van der Waals surface area contributed by atoms with E-state index in [1.54, 1.807) is 18.2 Å². The number of nitrogens with one attached hydrogen (secondary N) is 2. The first-order chi connectivity index (χ1) is 13.6. The fourth-order valence-corrected chi connectivity index (χ4v) is 2.47. The molecule has 1 unspecified atom stereocenters. The Morgan fingerprint density at radius 2 is 1.55 bits per heavy atom. The average Bonchev–Trinajstić information content (AvgIpc) is 2.65. The maximum Gasteiger partial charge on any atom is 0.436 e. The normalized spacial score (nSPS) is 13.4. The van der Waals surface area contributed by atoms with Crippen LogP contribution in [0.2, 0.25) is 0 Å². The Balaban J connectivity index is 2.46. The zero-order valence-corrected chi connectivity index (χ0v) is 15.1. The molecule has 156 valence electrons. The molecule has 0 heterocycles. The third-order valence-corrected chi connectivity index (χ3v) is 3.90. The summed E-state index contributed by atoms with van der Waals surface area (Å²) in [5, 5.41) is 3.33. The quantitative estimate of drug-likeness (QED) is 0.413. The van der Waals surface area contributed by atoms with Crippen LogP contribution in [0.5, 0.6) is 0 Å². The van der Waals surface area contributed by atoms with Crippen LogP contribution in [-0.4, -0.2) is 30.3 Å². The van der Waals surface area contributed by atoms with Gasteiger partial charge in [-0.1, -0.05) is 36.4 Å². The summed E-state index contributed by atoms with van der Waals surface area (Å²) in [6.45, 7) is 0.349. The van der Waals surface area contributed by atoms with Gasteiger partial charge in [0.25, 0.3) is 11.6 Å². The van der Waals surface area contributed by atoms with Crippen LogP contribution in [0.1, 0.15) is 22.8 Å². The van der Waals surface area contributed by atoms with Crippen LogP contribution in [0.15, 0.2) is 48.5 Å². The van der Waals surface area contributed by atoms with Crippen LogP contribution in [-0.2, 0) is 16.1 Å². The van der Waals surface area contributed by atoms with Gasteiger partial charge in [-0.15, -0.1) is 0 Å². The molecule has 2 N–H and O–H groups in total. The highest BCUT2D eigenvalue weighted by atomic mass is 19.4. The van der Waals surface area contributed by atoms with E-state index >= 15 is 0 Å². The molecule has 2 aromatic rings. The van der Waals surface area contributed by atoms with Crippen LogP contribution in [0, 0.1) is 11.6 Å². The van der Waals surface area contributed by atoms with Gasteiger partial charge in [0.2, 0.25) is 0 Å². The van der Waals surface area contributed by atoms with Gasteiger partial charge in [0, 0.05) is 6.54 Å². The van der Waals surface area contributed by atoms with Crippen LogP contribution >= 0.6 is 0 Å². The van der Waals surface area contributed by atoms with Gasteiger partial charge in [0.05, 0.1) is 6.61 Å². The summed E-state index contributed by atoms with van der Waals surface area (Å²) in [6, 6.07) is 10.1. The number of alkyl halides is 3. The highest BCUT2D eigenvalue weighted by Gasteiger charge is 2.63. The molecule has 2 rings (SSSR count). The van der Waals surface area contributed by atoms with E-state index in [1.807, 2.05) is 5.32 Å². The minimum absolute atomic E-state index is 0.358. The lowest BCUT2D eigenvalue weighted by Crippen LogP contribution is -2.72. The number of benzene rings is 2. The monoisotopic (exact) mass is 416 g/mol. The zero-order valence-electron chi connectivity index (χ0n) is 15.1. The molecule has 0 aromatic heterocycles. The van der Waals surface area contributed by atoms with Crippen molar-refractivity contribution in [3.05, 3.63) is 71.3 Å². The van der Waals surface area contributed by atoms with E-state index in [0.717, 1.165) is 6.07 Å². The fourth-order valence-electron chi connectivity index (χ4n) is 2.47. The van der Waals surface area contributed by atoms with Crippen LogP contribution in [0.3, 0.4) is 0 Å². The molecule has 0 saturated heterocycles. The molecule has 0 radical (unpaired) electrons. The molecule has 2 aromatic carbocycles. The summed E-state index contributed by atoms with van der Waals surface area (Å²) in [6.07, 6.45) is -5.40. The highest BCUT2D eigenvalue weighted by molar-refractivity contribution is 5.98. The van der Waals surface area contributed by atoms with E-state index in [1.165, 1.54) is 24.4 Å². The lowest BCUT2D eigenvalue weighted by molar-refractivity contribution is -0.219. The highest BCUT2D eigenvalue weighted by Crippen LogP contribution is 2.31. The largest absolute Gasteiger partial charge is 0.463 e. The Morgan fingerprint density at radius 1 is 0.966 bits per heavy atom. The Labute approximate surface area is 162 Å². The van der Waals surface area contributed by atoms with E-state index in [-0.39, 0.29) is 0 Å². The smallest absolute Gasteiger partial charge is 0.436 e. The van der Waals surface area contributed by atoms with E-state index in [4.69, 9.17) is 0 Å². The van der Waals surface area contributed by atoms with Crippen molar-refractivity contribution in [2.24, 2.45) is 0 Å². The first kappa shape index (κ1) is 22.3. The van der Waals surface area contributed by atoms with Gasteiger partial charge in [-0.3, -0.25) is 10.1 Å². The summed E-state index contributed by atoms with van der Waals surface area (Å²) in [5.74, 6) is -6.41. The topological polar surface area (TPSA) is 67.4 Å². The number of hydrogen-bond acceptors (Lipinski definition) is 4. The molecule has 0 aliphatic rings. The van der Waals surface area contributed by atoms with Crippen molar-refractivity contribution in [3.8, 4) is 0 Å². The lowest BCUT2D eigenvalue weighted by atomic mass is 10.1. The third-order valence-electron chi connectivity index (χ3n) is 3.90. The first-order valence-corrected chi connectivity index (χ1v) is 8.41. The molecule has 0 fully saturated rings. The molecular weight excluding hydrogens is 399 g/mol. The molecule has 0 spiro atoms. The van der Waals surface area contributed by atoms with Gasteiger partial charge in [-0.25, -0.2) is 13.6 Å². The number of carbonyl (C=O) groups excluding carboxylic acids is 2. The van der Waals surface area contributed by atoms with E-state index in [0.29, 0.717) is 17.7 Å². The van der Waals surface area contributed by atoms with Crippen molar-refractivity contribution in [2.75, 3.05) is 6.61 Å². The number of ether oxygens (including phenoxy) is 1. The molecule has 5 nitrogen and oxygen atoms in total. The number of hydrogen-bond donors (Lipinski definition) is 2. The minimum Gasteiger partial charge on any atom is -0.463 e. The molecule has 1 amide bonds. The van der Waals surface area contributed by atoms with Crippen LogP contribution in [0.4, 0.5) is 22.0 Å². The molecule has 29 heavy (non-hydrogen) atoms. The molecule has 0 bridgehead atoms. The van der Waals surface area contributed by atoms with Gasteiger partial charge < -0.3 is 10.1 Å². The molecule has 0 aliphatic heterocycles. The molecule has 0 saturated carbocycles. The van der Waals surface area contributed by atoms with Crippen LogP contribution < -0.4 is 10.6 Å². The van der Waals surface area contributed by atoms with Gasteiger partial charge in [0.1, 0.15) is 17.2 Å². The molecule has 0 aliphatic carbocycles. The predicted molar refractivity (Wildman–Crippen MR) is 92.5 cm³/mol. The fraction of sp³-hybridized carbons (Fsp3) is 0.263. The first-order valence-electron chi connectivity index (χ1n) is 8.41. The summed E-state index contributed by atoms with van der Waals surface area (Å²) in [7, 11) is 0. The van der Waals surface area contributed by atoms with Gasteiger partial charge >= 0.3 is 12.1 Å². The van der Waals surface area contributed by atoms with Gasteiger partial charge in [-0.05, 0) is 24.6 Å². The number of esters is 1. The van der Waals surface area contributed by atoms with E-state index in [9.17, 15) is 31.5 Å². The lowest BCUT2D eigenvalue weighted by Gasteiger charge is -2.35.